The zero-order valence-corrected chi connectivity index (χ0v) is 29.4. The second-order valence-electron chi connectivity index (χ2n) is 12.2. The molecule has 1 amide bonds. The van der Waals surface area contributed by atoms with Gasteiger partial charge in [0.05, 0.1) is 18.8 Å². The standard InChI is InChI=1S/C41H71NO3/c1-3-5-7-9-11-13-15-17-19-20-21-23-24-26-28-30-32-34-36-40(44)39(38-43)42-41(45)37-35-33-31-29-27-25-22-18-16-14-12-10-8-6-4-2/h6,8,12,14,18,22,26-29,34,36,39-40,43-44H,3-5,7,9-11,13,15-17,19-21,23-25,30-33,35,37-38H2,1-2H3,(H,42,45)/b8-6-,14-12-,22-18-,28-26+,29-27-,36-34+. The molecule has 45 heavy (non-hydrogen) atoms. The molecule has 0 radical (unpaired) electrons. The predicted molar refractivity (Wildman–Crippen MR) is 197 cm³/mol. The van der Waals surface area contributed by atoms with E-state index in [1.807, 2.05) is 6.08 Å². The van der Waals surface area contributed by atoms with Crippen LogP contribution in [-0.2, 0) is 4.79 Å². The first-order valence-corrected chi connectivity index (χ1v) is 18.7. The van der Waals surface area contributed by atoms with Crippen molar-refractivity contribution in [2.45, 2.75) is 174 Å². The van der Waals surface area contributed by atoms with E-state index in [9.17, 15) is 15.0 Å². The van der Waals surface area contributed by atoms with E-state index in [1.54, 1.807) is 6.08 Å². The average Bonchev–Trinajstić information content (AvgIpc) is 3.04. The molecule has 0 rings (SSSR count). The van der Waals surface area contributed by atoms with Gasteiger partial charge in [0.25, 0.3) is 0 Å². The molecule has 0 spiro atoms. The van der Waals surface area contributed by atoms with Gasteiger partial charge in [0.1, 0.15) is 0 Å². The first kappa shape index (κ1) is 42.8. The first-order valence-electron chi connectivity index (χ1n) is 18.7. The van der Waals surface area contributed by atoms with E-state index in [4.69, 9.17) is 0 Å². The lowest BCUT2D eigenvalue weighted by molar-refractivity contribution is -0.123. The molecule has 3 N–H and O–H groups in total. The van der Waals surface area contributed by atoms with Crippen molar-refractivity contribution in [2.75, 3.05) is 6.61 Å². The van der Waals surface area contributed by atoms with Crippen LogP contribution >= 0.6 is 0 Å². The van der Waals surface area contributed by atoms with E-state index in [-0.39, 0.29) is 12.5 Å². The Morgan fingerprint density at radius 2 is 1.00 bits per heavy atom. The van der Waals surface area contributed by atoms with Gasteiger partial charge in [0, 0.05) is 6.42 Å². The quantitative estimate of drug-likeness (QED) is 0.0514. The maximum atomic E-state index is 12.3. The number of hydrogen-bond donors (Lipinski definition) is 3. The van der Waals surface area contributed by atoms with Gasteiger partial charge in [0.15, 0.2) is 0 Å². The van der Waals surface area contributed by atoms with E-state index in [0.29, 0.717) is 6.42 Å². The highest BCUT2D eigenvalue weighted by Gasteiger charge is 2.17. The average molecular weight is 626 g/mol. The van der Waals surface area contributed by atoms with Crippen LogP contribution in [0, 0.1) is 0 Å². The number of nitrogens with one attached hydrogen (secondary N) is 1. The summed E-state index contributed by atoms with van der Waals surface area (Å²) in [5, 5.41) is 22.8. The van der Waals surface area contributed by atoms with Crippen LogP contribution < -0.4 is 5.32 Å². The van der Waals surface area contributed by atoms with Crippen molar-refractivity contribution in [3.63, 3.8) is 0 Å². The van der Waals surface area contributed by atoms with Crippen molar-refractivity contribution in [1.82, 2.24) is 5.32 Å². The summed E-state index contributed by atoms with van der Waals surface area (Å²) >= 11 is 0. The normalized spacial score (nSPS) is 14.0. The summed E-state index contributed by atoms with van der Waals surface area (Å²) in [6.07, 6.45) is 51.3. The van der Waals surface area contributed by atoms with Gasteiger partial charge in [-0.05, 0) is 70.6 Å². The smallest absolute Gasteiger partial charge is 0.220 e. The van der Waals surface area contributed by atoms with Gasteiger partial charge in [-0.3, -0.25) is 4.79 Å². The number of amides is 1. The fraction of sp³-hybridized carbons (Fsp3) is 0.683. The van der Waals surface area contributed by atoms with Crippen LogP contribution in [0.3, 0.4) is 0 Å². The van der Waals surface area contributed by atoms with Crippen molar-refractivity contribution < 1.29 is 15.0 Å². The summed E-state index contributed by atoms with van der Waals surface area (Å²) in [4.78, 5) is 12.3. The molecule has 0 bridgehead atoms. The van der Waals surface area contributed by atoms with Crippen molar-refractivity contribution in [1.29, 1.82) is 0 Å². The molecule has 0 aromatic rings. The lowest BCUT2D eigenvalue weighted by atomic mass is 10.0. The van der Waals surface area contributed by atoms with Gasteiger partial charge >= 0.3 is 0 Å². The van der Waals surface area contributed by atoms with Crippen LogP contribution in [-0.4, -0.2) is 34.9 Å². The van der Waals surface area contributed by atoms with Gasteiger partial charge in [-0.1, -0.05) is 157 Å². The summed E-state index contributed by atoms with van der Waals surface area (Å²) in [7, 11) is 0. The highest BCUT2D eigenvalue weighted by atomic mass is 16.3. The molecular formula is C41H71NO3. The highest BCUT2D eigenvalue weighted by molar-refractivity contribution is 5.76. The minimum absolute atomic E-state index is 0.118. The van der Waals surface area contributed by atoms with Crippen LogP contribution in [0.15, 0.2) is 72.9 Å². The predicted octanol–water partition coefficient (Wildman–Crippen LogP) is 11.2. The van der Waals surface area contributed by atoms with Crippen LogP contribution in [0.5, 0.6) is 0 Å². The molecule has 2 atom stereocenters. The van der Waals surface area contributed by atoms with E-state index >= 15 is 0 Å². The van der Waals surface area contributed by atoms with E-state index in [0.717, 1.165) is 64.2 Å². The Labute approximate surface area is 278 Å². The molecule has 4 nitrogen and oxygen atoms in total. The minimum atomic E-state index is -0.881. The molecular weight excluding hydrogens is 554 g/mol. The SMILES string of the molecule is CC/C=C\C/C=C\C/C=C\C/C=C\CCCCC(=O)NC(CO)C(O)/C=C/CC/C=C/CCCCCCCCCCCCCC. The highest BCUT2D eigenvalue weighted by Crippen LogP contribution is 2.13. The molecule has 0 heterocycles. The molecule has 0 aliphatic heterocycles. The third kappa shape index (κ3) is 33.0. The van der Waals surface area contributed by atoms with Crippen LogP contribution in [0.4, 0.5) is 0 Å². The third-order valence-corrected chi connectivity index (χ3v) is 7.92. The molecule has 2 unspecified atom stereocenters. The monoisotopic (exact) mass is 626 g/mol. The summed E-state index contributed by atoms with van der Waals surface area (Å²) in [5.41, 5.74) is 0. The molecule has 0 aromatic heterocycles. The molecule has 0 saturated heterocycles. The fourth-order valence-corrected chi connectivity index (χ4v) is 5.06. The van der Waals surface area contributed by atoms with Crippen LogP contribution in [0.2, 0.25) is 0 Å². The Kier molecular flexibility index (Phi) is 34.5. The molecule has 0 aromatic carbocycles. The fourth-order valence-electron chi connectivity index (χ4n) is 5.06. The van der Waals surface area contributed by atoms with Gasteiger partial charge in [-0.25, -0.2) is 0 Å². The van der Waals surface area contributed by atoms with Gasteiger partial charge in [-0.15, -0.1) is 0 Å². The van der Waals surface area contributed by atoms with Crippen LogP contribution in [0.25, 0.3) is 0 Å². The van der Waals surface area contributed by atoms with Gasteiger partial charge in [-0.2, -0.15) is 0 Å². The second kappa shape index (κ2) is 36.3. The number of allylic oxidation sites excluding steroid dienone is 11. The number of unbranched alkanes of at least 4 members (excludes halogenated alkanes) is 15. The Balaban J connectivity index is 3.77. The molecule has 258 valence electrons. The Morgan fingerprint density at radius 3 is 1.56 bits per heavy atom. The summed E-state index contributed by atoms with van der Waals surface area (Å²) in [6, 6.07) is -0.663. The van der Waals surface area contributed by atoms with Gasteiger partial charge in [0.2, 0.25) is 5.91 Å². The summed E-state index contributed by atoms with van der Waals surface area (Å²) in [5.74, 6) is -0.118. The molecule has 0 saturated carbocycles. The summed E-state index contributed by atoms with van der Waals surface area (Å²) in [6.45, 7) is 4.14. The Hall–Kier alpha value is -2.17. The number of aliphatic hydroxyl groups excluding tert-OH is 2. The zero-order chi connectivity index (χ0) is 32.9. The molecule has 0 fully saturated rings. The first-order chi connectivity index (χ1) is 22.2. The molecule has 0 aliphatic rings. The number of carbonyl (C=O) groups is 1. The van der Waals surface area contributed by atoms with E-state index in [1.165, 1.54) is 77.0 Å². The van der Waals surface area contributed by atoms with E-state index < -0.39 is 12.1 Å². The Bertz CT molecular complexity index is 808. The second-order valence-corrected chi connectivity index (χ2v) is 12.2. The minimum Gasteiger partial charge on any atom is -0.394 e. The van der Waals surface area contributed by atoms with Crippen molar-refractivity contribution in [3.05, 3.63) is 72.9 Å². The maximum absolute atomic E-state index is 12.3. The maximum Gasteiger partial charge on any atom is 0.220 e. The zero-order valence-electron chi connectivity index (χ0n) is 29.4. The van der Waals surface area contributed by atoms with E-state index in [2.05, 4.69) is 79.9 Å². The molecule has 4 heteroatoms. The Morgan fingerprint density at radius 1 is 0.556 bits per heavy atom. The number of rotatable bonds is 32. The lowest BCUT2D eigenvalue weighted by Gasteiger charge is -2.19. The lowest BCUT2D eigenvalue weighted by Crippen LogP contribution is -2.45. The third-order valence-electron chi connectivity index (χ3n) is 7.92. The summed E-state index contributed by atoms with van der Waals surface area (Å²) < 4.78 is 0. The molecule has 0 aliphatic carbocycles. The van der Waals surface area contributed by atoms with Gasteiger partial charge < -0.3 is 15.5 Å². The van der Waals surface area contributed by atoms with Crippen LogP contribution in [0.1, 0.15) is 162 Å². The largest absolute Gasteiger partial charge is 0.394 e. The topological polar surface area (TPSA) is 69.6 Å². The number of carbonyl (C=O) groups excluding carboxylic acids is 1. The van der Waals surface area contributed by atoms with Crippen molar-refractivity contribution in [3.8, 4) is 0 Å². The number of hydrogen-bond acceptors (Lipinski definition) is 3. The van der Waals surface area contributed by atoms with Crippen molar-refractivity contribution >= 4 is 5.91 Å². The van der Waals surface area contributed by atoms with Crippen molar-refractivity contribution in [2.24, 2.45) is 0 Å². The number of aliphatic hydroxyl groups is 2.